The van der Waals surface area contributed by atoms with Gasteiger partial charge in [0.05, 0.1) is 19.8 Å². The molecule has 0 bridgehead atoms. The van der Waals surface area contributed by atoms with E-state index in [2.05, 4.69) is 27.7 Å². The molecule has 0 aromatic rings. The van der Waals surface area contributed by atoms with E-state index in [4.69, 9.17) is 15.2 Å². The van der Waals surface area contributed by atoms with Gasteiger partial charge in [-0.15, -0.1) is 0 Å². The second-order valence-corrected chi connectivity index (χ2v) is 4.89. The number of nitrogens with two attached hydrogens (primary N) is 1. The summed E-state index contributed by atoms with van der Waals surface area (Å²) >= 11 is 0. The summed E-state index contributed by atoms with van der Waals surface area (Å²) in [6.07, 6.45) is 0. The van der Waals surface area contributed by atoms with Crippen molar-refractivity contribution in [2.24, 2.45) is 17.1 Å². The second kappa shape index (κ2) is 7.21. The Morgan fingerprint density at radius 1 is 1.14 bits per heavy atom. The third-order valence-corrected chi connectivity index (χ3v) is 1.87. The zero-order valence-corrected chi connectivity index (χ0v) is 10.0. The molecule has 0 aliphatic heterocycles. The van der Waals surface area contributed by atoms with E-state index >= 15 is 0 Å². The predicted octanol–water partition coefficient (Wildman–Crippen LogP) is 1.66. The van der Waals surface area contributed by atoms with Gasteiger partial charge in [-0.2, -0.15) is 0 Å². The van der Waals surface area contributed by atoms with Gasteiger partial charge in [-0.05, 0) is 12.5 Å². The van der Waals surface area contributed by atoms with Crippen molar-refractivity contribution in [2.75, 3.05) is 33.0 Å². The zero-order valence-electron chi connectivity index (χ0n) is 10.0. The molecule has 0 aliphatic rings. The average Bonchev–Trinajstić information content (AvgIpc) is 2.10. The molecule has 0 saturated carbocycles. The fraction of sp³-hybridized carbons (Fsp3) is 1.00. The molecule has 0 radical (unpaired) electrons. The van der Waals surface area contributed by atoms with Crippen LogP contribution in [0.5, 0.6) is 0 Å². The van der Waals surface area contributed by atoms with E-state index in [-0.39, 0.29) is 5.41 Å². The van der Waals surface area contributed by atoms with Crippen molar-refractivity contribution < 1.29 is 9.47 Å². The molecule has 0 amide bonds. The van der Waals surface area contributed by atoms with Gasteiger partial charge in [-0.25, -0.2) is 0 Å². The van der Waals surface area contributed by atoms with Gasteiger partial charge in [0.25, 0.3) is 0 Å². The zero-order chi connectivity index (χ0) is 11.0. The Hall–Kier alpha value is -0.120. The first-order valence-electron chi connectivity index (χ1n) is 5.33. The Bertz CT molecular complexity index is 135. The Morgan fingerprint density at radius 3 is 2.21 bits per heavy atom. The van der Waals surface area contributed by atoms with Crippen LogP contribution in [-0.4, -0.2) is 33.0 Å². The van der Waals surface area contributed by atoms with Crippen LogP contribution in [0.3, 0.4) is 0 Å². The highest BCUT2D eigenvalue weighted by atomic mass is 16.5. The maximum absolute atomic E-state index is 5.58. The molecule has 0 aliphatic carbocycles. The van der Waals surface area contributed by atoms with Crippen LogP contribution in [0.2, 0.25) is 0 Å². The molecule has 14 heavy (non-hydrogen) atoms. The summed E-state index contributed by atoms with van der Waals surface area (Å²) < 4.78 is 10.9. The van der Waals surface area contributed by atoms with Crippen molar-refractivity contribution >= 4 is 0 Å². The fourth-order valence-corrected chi connectivity index (χ4v) is 0.844. The first-order chi connectivity index (χ1) is 6.48. The van der Waals surface area contributed by atoms with E-state index in [1.54, 1.807) is 0 Å². The molecule has 3 nitrogen and oxygen atoms in total. The van der Waals surface area contributed by atoms with Crippen molar-refractivity contribution in [1.29, 1.82) is 0 Å². The van der Waals surface area contributed by atoms with Crippen molar-refractivity contribution in [1.82, 2.24) is 0 Å². The van der Waals surface area contributed by atoms with Crippen LogP contribution in [0.1, 0.15) is 27.7 Å². The molecule has 86 valence electrons. The van der Waals surface area contributed by atoms with Gasteiger partial charge in [0, 0.05) is 12.0 Å². The van der Waals surface area contributed by atoms with Crippen molar-refractivity contribution in [3.05, 3.63) is 0 Å². The van der Waals surface area contributed by atoms with Crippen LogP contribution in [-0.2, 0) is 9.47 Å². The maximum atomic E-state index is 5.58. The Labute approximate surface area is 88.0 Å². The van der Waals surface area contributed by atoms with Crippen LogP contribution < -0.4 is 5.73 Å². The average molecular weight is 203 g/mol. The lowest BCUT2D eigenvalue weighted by Gasteiger charge is -2.21. The summed E-state index contributed by atoms with van der Waals surface area (Å²) in [4.78, 5) is 0. The largest absolute Gasteiger partial charge is 0.379 e. The predicted molar refractivity (Wildman–Crippen MR) is 59.3 cm³/mol. The van der Waals surface area contributed by atoms with Gasteiger partial charge in [-0.3, -0.25) is 0 Å². The topological polar surface area (TPSA) is 44.5 Å². The van der Waals surface area contributed by atoms with Gasteiger partial charge in [0.2, 0.25) is 0 Å². The lowest BCUT2D eigenvalue weighted by Crippen LogP contribution is -2.29. The van der Waals surface area contributed by atoms with E-state index < -0.39 is 0 Å². The quantitative estimate of drug-likeness (QED) is 0.610. The van der Waals surface area contributed by atoms with Crippen molar-refractivity contribution in [2.45, 2.75) is 27.7 Å². The molecule has 0 unspecified atom stereocenters. The first kappa shape index (κ1) is 13.9. The lowest BCUT2D eigenvalue weighted by atomic mass is 9.95. The second-order valence-electron chi connectivity index (χ2n) is 4.89. The van der Waals surface area contributed by atoms with Gasteiger partial charge < -0.3 is 15.2 Å². The van der Waals surface area contributed by atoms with Crippen LogP contribution in [0.15, 0.2) is 0 Å². The summed E-state index contributed by atoms with van der Waals surface area (Å²) in [7, 11) is 0. The van der Waals surface area contributed by atoms with Crippen molar-refractivity contribution in [3.8, 4) is 0 Å². The van der Waals surface area contributed by atoms with E-state index in [9.17, 15) is 0 Å². The lowest BCUT2D eigenvalue weighted by molar-refractivity contribution is 0.0110. The molecule has 0 heterocycles. The molecule has 3 heteroatoms. The Kier molecular flexibility index (Phi) is 7.15. The number of rotatable bonds is 8. The fourth-order valence-electron chi connectivity index (χ4n) is 0.844. The van der Waals surface area contributed by atoms with E-state index in [0.29, 0.717) is 32.3 Å². The number of hydrogen-bond donors (Lipinski definition) is 1. The minimum Gasteiger partial charge on any atom is -0.379 e. The molecule has 2 N–H and O–H groups in total. The molecular formula is C11H25NO2. The molecule has 0 saturated heterocycles. The van der Waals surface area contributed by atoms with Gasteiger partial charge in [0.15, 0.2) is 0 Å². The highest BCUT2D eigenvalue weighted by Gasteiger charge is 2.14. The smallest absolute Gasteiger partial charge is 0.0700 e. The molecule has 0 atom stereocenters. The standard InChI is InChI=1S/C11H25NO2/c1-10(2)7-13-5-6-14-9-11(3,4)8-12/h10H,5-9,12H2,1-4H3. The van der Waals surface area contributed by atoms with E-state index in [1.165, 1.54) is 0 Å². The van der Waals surface area contributed by atoms with Crippen molar-refractivity contribution in [3.63, 3.8) is 0 Å². The molecule has 0 aromatic carbocycles. The first-order valence-corrected chi connectivity index (χ1v) is 5.33. The molecule has 0 spiro atoms. The third-order valence-electron chi connectivity index (χ3n) is 1.87. The van der Waals surface area contributed by atoms with E-state index in [0.717, 1.165) is 6.61 Å². The third kappa shape index (κ3) is 8.48. The monoisotopic (exact) mass is 203 g/mol. The van der Waals surface area contributed by atoms with Crippen LogP contribution in [0.25, 0.3) is 0 Å². The summed E-state index contributed by atoms with van der Waals surface area (Å²) in [5.74, 6) is 0.593. The molecule has 0 fully saturated rings. The van der Waals surface area contributed by atoms with Gasteiger partial charge >= 0.3 is 0 Å². The summed E-state index contributed by atoms with van der Waals surface area (Å²) in [5, 5.41) is 0. The molecule has 0 rings (SSSR count). The van der Waals surface area contributed by atoms with Gasteiger partial charge in [0.1, 0.15) is 0 Å². The molecule has 0 aromatic heterocycles. The Balaban J connectivity index is 3.21. The summed E-state index contributed by atoms with van der Waals surface area (Å²) in [5.41, 5.74) is 5.66. The number of ether oxygens (including phenoxy) is 2. The van der Waals surface area contributed by atoms with Crippen LogP contribution in [0, 0.1) is 11.3 Å². The molecular weight excluding hydrogens is 178 g/mol. The maximum Gasteiger partial charge on any atom is 0.0700 e. The highest BCUT2D eigenvalue weighted by molar-refractivity contribution is 4.67. The van der Waals surface area contributed by atoms with Crippen LogP contribution >= 0.6 is 0 Å². The minimum atomic E-state index is 0.0814. The van der Waals surface area contributed by atoms with Gasteiger partial charge in [-0.1, -0.05) is 27.7 Å². The summed E-state index contributed by atoms with van der Waals surface area (Å²) in [6.45, 7) is 12.0. The summed E-state index contributed by atoms with van der Waals surface area (Å²) in [6, 6.07) is 0. The van der Waals surface area contributed by atoms with E-state index in [1.807, 2.05) is 0 Å². The number of hydrogen-bond acceptors (Lipinski definition) is 3. The minimum absolute atomic E-state index is 0.0814. The van der Waals surface area contributed by atoms with Crippen LogP contribution in [0.4, 0.5) is 0 Å². The highest BCUT2D eigenvalue weighted by Crippen LogP contribution is 2.12. The normalized spacial score (nSPS) is 12.4. The Morgan fingerprint density at radius 2 is 1.71 bits per heavy atom. The SMILES string of the molecule is CC(C)COCCOCC(C)(C)CN.